The van der Waals surface area contributed by atoms with E-state index in [-0.39, 0.29) is 11.9 Å². The monoisotopic (exact) mass is 398 g/mol. The van der Waals surface area contributed by atoms with Crippen LogP contribution in [0.2, 0.25) is 0 Å². The number of benzene rings is 2. The Morgan fingerprint density at radius 1 is 1.20 bits per heavy atom. The highest BCUT2D eigenvalue weighted by Gasteiger charge is 2.43. The summed E-state index contributed by atoms with van der Waals surface area (Å²) in [6.07, 6.45) is 5.95. The third-order valence-electron chi connectivity index (χ3n) is 6.73. The quantitative estimate of drug-likeness (QED) is 0.691. The van der Waals surface area contributed by atoms with Gasteiger partial charge in [0, 0.05) is 36.6 Å². The molecule has 3 aromatic rings. The summed E-state index contributed by atoms with van der Waals surface area (Å²) in [5.74, 6) is 0.400. The second kappa shape index (κ2) is 7.62. The molecular weight excluding hydrogens is 372 g/mol. The molecule has 1 saturated heterocycles. The average molecular weight is 399 g/mol. The van der Waals surface area contributed by atoms with Gasteiger partial charge in [-0.15, -0.1) is 0 Å². The number of nitrogens with zero attached hydrogens (tertiary/aromatic N) is 2. The van der Waals surface area contributed by atoms with Crippen molar-refractivity contribution in [3.8, 4) is 17.2 Å². The lowest BCUT2D eigenvalue weighted by atomic mass is 9.98. The van der Waals surface area contributed by atoms with Gasteiger partial charge in [0.05, 0.1) is 12.1 Å². The Kier molecular flexibility index (Phi) is 4.80. The van der Waals surface area contributed by atoms with Crippen LogP contribution < -0.4 is 10.6 Å². The molecule has 2 heterocycles. The number of carbonyl (C=O) groups excluding carboxylic acids is 1. The van der Waals surface area contributed by atoms with Crippen LogP contribution in [0.25, 0.3) is 22.0 Å². The number of hydrogen-bond donors (Lipinski definition) is 2. The molecule has 0 radical (unpaired) electrons. The summed E-state index contributed by atoms with van der Waals surface area (Å²) < 4.78 is 2.12. The zero-order chi connectivity index (χ0) is 20.7. The minimum Gasteiger partial charge on any atom is -0.351 e. The first-order valence-corrected chi connectivity index (χ1v) is 10.7. The molecule has 5 rings (SSSR count). The van der Waals surface area contributed by atoms with Crippen molar-refractivity contribution in [2.45, 2.75) is 43.8 Å². The van der Waals surface area contributed by atoms with E-state index in [4.69, 9.17) is 0 Å². The fraction of sp³-hybridized carbons (Fsp3) is 0.360. The van der Waals surface area contributed by atoms with Gasteiger partial charge in [0.25, 0.3) is 0 Å². The summed E-state index contributed by atoms with van der Waals surface area (Å²) in [6.45, 7) is 0. The summed E-state index contributed by atoms with van der Waals surface area (Å²) in [5, 5.41) is 17.1. The lowest BCUT2D eigenvalue weighted by Crippen LogP contribution is -2.50. The number of aromatic nitrogens is 1. The maximum absolute atomic E-state index is 12.6. The van der Waals surface area contributed by atoms with Gasteiger partial charge in [-0.2, -0.15) is 5.26 Å². The van der Waals surface area contributed by atoms with Gasteiger partial charge in [0.2, 0.25) is 5.91 Å². The van der Waals surface area contributed by atoms with E-state index in [2.05, 4.69) is 83.0 Å². The van der Waals surface area contributed by atoms with E-state index in [9.17, 15) is 10.1 Å². The minimum atomic E-state index is -0.509. The minimum absolute atomic E-state index is 0.0264. The van der Waals surface area contributed by atoms with Crippen LogP contribution in [0.4, 0.5) is 0 Å². The average Bonchev–Trinajstić information content (AvgIpc) is 3.50. The van der Waals surface area contributed by atoms with Crippen molar-refractivity contribution in [3.05, 3.63) is 60.3 Å². The highest BCUT2D eigenvalue weighted by molar-refractivity contribution is 5.85. The fourth-order valence-electron chi connectivity index (χ4n) is 5.07. The Bertz CT molecular complexity index is 1120. The van der Waals surface area contributed by atoms with Crippen molar-refractivity contribution in [1.29, 1.82) is 5.26 Å². The first kappa shape index (κ1) is 18.9. The molecule has 5 nitrogen and oxygen atoms in total. The maximum Gasteiger partial charge on any atom is 0.238 e. The van der Waals surface area contributed by atoms with Crippen LogP contribution in [0.15, 0.2) is 54.7 Å². The molecule has 3 unspecified atom stereocenters. The second-order valence-corrected chi connectivity index (χ2v) is 8.71. The summed E-state index contributed by atoms with van der Waals surface area (Å²) in [5.41, 5.74) is 4.58. The highest BCUT2D eigenvalue weighted by Crippen LogP contribution is 2.35. The van der Waals surface area contributed by atoms with Crippen LogP contribution in [0, 0.1) is 17.2 Å². The predicted octanol–water partition coefficient (Wildman–Crippen LogP) is 3.54. The van der Waals surface area contributed by atoms with Crippen LogP contribution in [0.3, 0.4) is 0 Å². The first-order valence-electron chi connectivity index (χ1n) is 10.7. The Morgan fingerprint density at radius 3 is 2.70 bits per heavy atom. The molecule has 1 amide bonds. The Balaban J connectivity index is 1.25. The normalized spacial score (nSPS) is 23.4. The SMILES string of the molecule is Cn1ccc2cc(-c3ccc(C[C@@H](C#N)NC(=O)C4NC5CCC4C5)cc3)ccc21. The van der Waals surface area contributed by atoms with Gasteiger partial charge in [0.1, 0.15) is 6.04 Å². The van der Waals surface area contributed by atoms with Crippen molar-refractivity contribution in [2.24, 2.45) is 13.0 Å². The number of rotatable bonds is 5. The second-order valence-electron chi connectivity index (χ2n) is 8.71. The maximum atomic E-state index is 12.6. The van der Waals surface area contributed by atoms with Crippen molar-refractivity contribution in [1.82, 2.24) is 15.2 Å². The van der Waals surface area contributed by atoms with E-state index in [1.165, 1.54) is 22.9 Å². The Morgan fingerprint density at radius 2 is 2.00 bits per heavy atom. The number of carbonyl (C=O) groups is 1. The molecule has 2 bridgehead atoms. The molecule has 2 aromatic carbocycles. The molecule has 152 valence electrons. The summed E-state index contributed by atoms with van der Waals surface area (Å²) in [7, 11) is 2.05. The molecule has 1 aliphatic carbocycles. The van der Waals surface area contributed by atoms with Crippen LogP contribution in [-0.2, 0) is 18.3 Å². The summed E-state index contributed by atoms with van der Waals surface area (Å²) in [4.78, 5) is 12.6. The first-order chi connectivity index (χ1) is 14.6. The van der Waals surface area contributed by atoms with Gasteiger partial charge in [-0.3, -0.25) is 4.79 Å². The third kappa shape index (κ3) is 3.48. The molecule has 1 saturated carbocycles. The standard InChI is InChI=1S/C25H26N4O/c1-29-11-10-19-13-18(7-9-23(19)29)17-4-2-16(3-5-17)12-22(15-26)28-25(30)24-20-6-8-21(14-20)27-24/h2-5,7,9-11,13,20-22,24,27H,6,8,12,14H2,1H3,(H,28,30)/t20?,21?,22-,24?/m0/s1. The zero-order valence-corrected chi connectivity index (χ0v) is 17.1. The molecule has 5 heteroatoms. The lowest BCUT2D eigenvalue weighted by molar-refractivity contribution is -0.124. The molecule has 4 atom stereocenters. The van der Waals surface area contributed by atoms with Crippen LogP contribution >= 0.6 is 0 Å². The van der Waals surface area contributed by atoms with Crippen molar-refractivity contribution < 1.29 is 4.79 Å². The number of hydrogen-bond acceptors (Lipinski definition) is 3. The summed E-state index contributed by atoms with van der Waals surface area (Å²) >= 11 is 0. The van der Waals surface area contributed by atoms with Crippen LogP contribution in [-0.4, -0.2) is 28.6 Å². The smallest absolute Gasteiger partial charge is 0.238 e. The molecule has 2 aliphatic rings. The van der Waals surface area contributed by atoms with E-state index in [1.54, 1.807) is 0 Å². The lowest BCUT2D eigenvalue weighted by Gasteiger charge is -2.23. The molecule has 1 aliphatic heterocycles. The predicted molar refractivity (Wildman–Crippen MR) is 118 cm³/mol. The molecule has 1 aromatic heterocycles. The van der Waals surface area contributed by atoms with E-state index in [1.807, 2.05) is 0 Å². The summed E-state index contributed by atoms with van der Waals surface area (Å²) in [6, 6.07) is 19.0. The van der Waals surface area contributed by atoms with Crippen LogP contribution in [0.5, 0.6) is 0 Å². The van der Waals surface area contributed by atoms with E-state index in [0.29, 0.717) is 18.4 Å². The fourth-order valence-corrected chi connectivity index (χ4v) is 5.07. The molecule has 30 heavy (non-hydrogen) atoms. The number of fused-ring (bicyclic) bond motifs is 3. The van der Waals surface area contributed by atoms with Gasteiger partial charge in [-0.1, -0.05) is 30.3 Å². The van der Waals surface area contributed by atoms with Gasteiger partial charge in [0.15, 0.2) is 0 Å². The molecule has 2 fully saturated rings. The van der Waals surface area contributed by atoms with Crippen molar-refractivity contribution in [3.63, 3.8) is 0 Å². The van der Waals surface area contributed by atoms with Gasteiger partial charge in [-0.25, -0.2) is 0 Å². The van der Waals surface area contributed by atoms with E-state index < -0.39 is 6.04 Å². The Hall–Kier alpha value is -3.10. The highest BCUT2D eigenvalue weighted by atomic mass is 16.2. The largest absolute Gasteiger partial charge is 0.351 e. The van der Waals surface area contributed by atoms with E-state index in [0.717, 1.165) is 24.0 Å². The number of amides is 1. The van der Waals surface area contributed by atoms with E-state index >= 15 is 0 Å². The number of nitrogens with one attached hydrogen (secondary N) is 2. The van der Waals surface area contributed by atoms with Gasteiger partial charge in [-0.05, 0) is 60.1 Å². The number of nitriles is 1. The van der Waals surface area contributed by atoms with Crippen molar-refractivity contribution >= 4 is 16.8 Å². The third-order valence-corrected chi connectivity index (χ3v) is 6.73. The Labute approximate surface area is 176 Å². The van der Waals surface area contributed by atoms with Gasteiger partial charge < -0.3 is 15.2 Å². The molecular formula is C25H26N4O. The van der Waals surface area contributed by atoms with Gasteiger partial charge >= 0.3 is 0 Å². The van der Waals surface area contributed by atoms with Crippen LogP contribution in [0.1, 0.15) is 24.8 Å². The molecule has 0 spiro atoms. The number of piperidine rings is 1. The zero-order valence-electron chi connectivity index (χ0n) is 17.1. The molecule has 2 N–H and O–H groups in total. The number of aryl methyl sites for hydroxylation is 1. The topological polar surface area (TPSA) is 69.8 Å². The van der Waals surface area contributed by atoms with Crippen molar-refractivity contribution in [2.75, 3.05) is 0 Å².